The molecule has 1 aliphatic carbocycles. The van der Waals surface area contributed by atoms with Crippen LogP contribution in [0, 0.1) is 0 Å². The van der Waals surface area contributed by atoms with E-state index in [1.54, 1.807) is 6.20 Å². The van der Waals surface area contributed by atoms with Crippen molar-refractivity contribution in [3.05, 3.63) is 60.0 Å². The molecule has 10 heteroatoms. The molecule has 0 bridgehead atoms. The summed E-state index contributed by atoms with van der Waals surface area (Å²) in [4.78, 5) is 37.3. The third-order valence-electron chi connectivity index (χ3n) is 7.73. The van der Waals surface area contributed by atoms with E-state index in [0.717, 1.165) is 58.0 Å². The minimum absolute atomic E-state index is 0.123. The quantitative estimate of drug-likeness (QED) is 0.332. The van der Waals surface area contributed by atoms with Gasteiger partial charge in [-0.2, -0.15) is 0 Å². The molecule has 39 heavy (non-hydrogen) atoms. The van der Waals surface area contributed by atoms with Gasteiger partial charge in [0.05, 0.1) is 16.7 Å². The van der Waals surface area contributed by atoms with Crippen LogP contribution in [0.4, 0.5) is 11.5 Å². The molecule has 1 unspecified atom stereocenters. The highest BCUT2D eigenvalue weighted by molar-refractivity contribution is 7.99. The molecule has 2 fully saturated rings. The molecule has 2 aliphatic heterocycles. The number of ether oxygens (including phenoxy) is 1. The normalized spacial score (nSPS) is 18.3. The van der Waals surface area contributed by atoms with E-state index in [-0.39, 0.29) is 12.0 Å². The predicted octanol–water partition coefficient (Wildman–Crippen LogP) is 4.01. The van der Waals surface area contributed by atoms with Gasteiger partial charge in [0.15, 0.2) is 5.16 Å². The highest BCUT2D eigenvalue weighted by atomic mass is 32.2. The molecule has 198 valence electrons. The second kappa shape index (κ2) is 10.1. The first-order chi connectivity index (χ1) is 19.2. The van der Waals surface area contributed by atoms with Crippen molar-refractivity contribution in [2.75, 3.05) is 50.1 Å². The Hall–Kier alpha value is -3.76. The molecular formula is C29H29N7O2S. The number of hydrogen-bond acceptors (Lipinski definition) is 9. The summed E-state index contributed by atoms with van der Waals surface area (Å²) in [5.74, 6) is 1.06. The van der Waals surface area contributed by atoms with E-state index in [9.17, 15) is 4.79 Å². The van der Waals surface area contributed by atoms with Crippen molar-refractivity contribution in [3.63, 3.8) is 0 Å². The summed E-state index contributed by atoms with van der Waals surface area (Å²) in [6.45, 7) is 3.43. The van der Waals surface area contributed by atoms with E-state index < -0.39 is 0 Å². The largest absolute Gasteiger partial charge is 0.388 e. The van der Waals surface area contributed by atoms with Crippen molar-refractivity contribution in [3.8, 4) is 11.1 Å². The number of benzene rings is 1. The number of amides is 1. The number of carbonyl (C=O) groups excluding carboxylic acids is 1. The van der Waals surface area contributed by atoms with Crippen LogP contribution in [0.25, 0.3) is 22.2 Å². The summed E-state index contributed by atoms with van der Waals surface area (Å²) in [5.41, 5.74) is 7.38. The molecule has 1 atom stereocenters. The molecule has 0 saturated carbocycles. The summed E-state index contributed by atoms with van der Waals surface area (Å²) < 4.78 is 5.66. The van der Waals surface area contributed by atoms with Crippen molar-refractivity contribution in [2.45, 2.75) is 35.4 Å². The molecule has 1 N–H and O–H groups in total. The molecule has 3 aromatic heterocycles. The fraction of sp³-hybridized carbons (Fsp3) is 0.345. The Kier molecular flexibility index (Phi) is 6.28. The third-order valence-corrected chi connectivity index (χ3v) is 8.56. The minimum Gasteiger partial charge on any atom is -0.388 e. The van der Waals surface area contributed by atoms with Crippen LogP contribution in [-0.2, 0) is 16.0 Å². The summed E-state index contributed by atoms with van der Waals surface area (Å²) >= 11 is 1.51. The molecule has 9 nitrogen and oxygen atoms in total. The van der Waals surface area contributed by atoms with Gasteiger partial charge < -0.3 is 19.9 Å². The highest BCUT2D eigenvalue weighted by Crippen LogP contribution is 2.45. The second-order valence-corrected chi connectivity index (χ2v) is 11.1. The van der Waals surface area contributed by atoms with Gasteiger partial charge in [0, 0.05) is 74.8 Å². The monoisotopic (exact) mass is 539 g/mol. The van der Waals surface area contributed by atoms with Crippen LogP contribution in [0.1, 0.15) is 24.1 Å². The molecule has 0 spiro atoms. The van der Waals surface area contributed by atoms with Crippen LogP contribution in [0.5, 0.6) is 0 Å². The number of nitrogens with zero attached hydrogens (tertiary/aromatic N) is 6. The molecule has 5 heterocycles. The summed E-state index contributed by atoms with van der Waals surface area (Å²) in [5, 5.41) is 4.03. The van der Waals surface area contributed by atoms with Crippen LogP contribution in [0.3, 0.4) is 0 Å². The first-order valence-corrected chi connectivity index (χ1v) is 14.2. The smallest absolute Gasteiger partial charge is 0.251 e. The first kappa shape index (κ1) is 24.3. The zero-order chi connectivity index (χ0) is 26.3. The number of rotatable bonds is 5. The zero-order valence-electron chi connectivity index (χ0n) is 21.8. The summed E-state index contributed by atoms with van der Waals surface area (Å²) in [6.07, 6.45) is 5.89. The lowest BCUT2D eigenvalue weighted by molar-refractivity contribution is -0.141. The van der Waals surface area contributed by atoms with Crippen LogP contribution in [0.15, 0.2) is 58.8 Å². The Morgan fingerprint density at radius 3 is 2.79 bits per heavy atom. The maximum Gasteiger partial charge on any atom is 0.251 e. The van der Waals surface area contributed by atoms with Crippen molar-refractivity contribution >= 4 is 40.2 Å². The van der Waals surface area contributed by atoms with Gasteiger partial charge in [-0.1, -0.05) is 12.1 Å². The van der Waals surface area contributed by atoms with Crippen LogP contribution < -0.4 is 10.2 Å². The number of aromatic nitrogens is 4. The van der Waals surface area contributed by atoms with Gasteiger partial charge >= 0.3 is 0 Å². The lowest BCUT2D eigenvalue weighted by Gasteiger charge is -2.37. The zero-order valence-corrected chi connectivity index (χ0v) is 22.6. The van der Waals surface area contributed by atoms with Crippen molar-refractivity contribution < 1.29 is 9.53 Å². The predicted molar refractivity (Wildman–Crippen MR) is 151 cm³/mol. The molecule has 0 radical (unpaired) electrons. The Morgan fingerprint density at radius 2 is 1.97 bits per heavy atom. The average Bonchev–Trinajstić information content (AvgIpc) is 3.65. The standard InChI is InChI=1S/C29H29N7O2S/c1-30-21-6-2-5-19-20(21)16-24-26(19)27(35-10-12-36(13-11-35)28(37)25-8-4-14-38-25)34-29(33-24)39-18-15-23-22(32-17-18)7-3-9-31-23/h2-3,5-7,9,15,17,25,30H,4,8,10-14,16H2,1H3. The first-order valence-electron chi connectivity index (χ1n) is 13.4. The molecule has 3 aliphatic rings. The van der Waals surface area contributed by atoms with Gasteiger partial charge in [-0.3, -0.25) is 14.8 Å². The highest BCUT2D eigenvalue weighted by Gasteiger charge is 2.33. The van der Waals surface area contributed by atoms with E-state index in [1.807, 2.05) is 36.3 Å². The number of fused-ring (bicyclic) bond motifs is 4. The number of nitrogens with one attached hydrogen (secondary N) is 1. The molecule has 4 aromatic rings. The lowest BCUT2D eigenvalue weighted by Crippen LogP contribution is -2.51. The Balaban J connectivity index is 1.22. The number of carbonyl (C=O) groups is 1. The van der Waals surface area contributed by atoms with Gasteiger partial charge in [0.25, 0.3) is 5.91 Å². The van der Waals surface area contributed by atoms with Crippen molar-refractivity contribution in [1.82, 2.24) is 24.8 Å². The van der Waals surface area contributed by atoms with E-state index in [0.29, 0.717) is 37.9 Å². The fourth-order valence-corrected chi connectivity index (χ4v) is 6.55. The summed E-state index contributed by atoms with van der Waals surface area (Å²) in [7, 11) is 1.96. The van der Waals surface area contributed by atoms with Crippen LogP contribution >= 0.6 is 11.8 Å². The van der Waals surface area contributed by atoms with Gasteiger partial charge in [-0.25, -0.2) is 9.97 Å². The van der Waals surface area contributed by atoms with E-state index in [1.165, 1.54) is 22.9 Å². The number of piperazine rings is 1. The van der Waals surface area contributed by atoms with Gasteiger partial charge in [-0.15, -0.1) is 0 Å². The number of pyridine rings is 2. The van der Waals surface area contributed by atoms with Gasteiger partial charge in [-0.05, 0) is 60.0 Å². The van der Waals surface area contributed by atoms with E-state index >= 15 is 0 Å². The molecular weight excluding hydrogens is 510 g/mol. The van der Waals surface area contributed by atoms with Crippen LogP contribution in [-0.4, -0.2) is 76.7 Å². The maximum absolute atomic E-state index is 13.0. The van der Waals surface area contributed by atoms with Crippen molar-refractivity contribution in [1.29, 1.82) is 0 Å². The topological polar surface area (TPSA) is 96.4 Å². The number of hydrogen-bond donors (Lipinski definition) is 1. The third kappa shape index (κ3) is 4.47. The number of anilines is 2. The Labute approximate surface area is 231 Å². The van der Waals surface area contributed by atoms with E-state index in [4.69, 9.17) is 14.7 Å². The lowest BCUT2D eigenvalue weighted by atomic mass is 10.0. The Bertz CT molecular complexity index is 1570. The Morgan fingerprint density at radius 1 is 1.08 bits per heavy atom. The molecule has 1 aromatic carbocycles. The second-order valence-electron chi connectivity index (χ2n) is 10.0. The van der Waals surface area contributed by atoms with Gasteiger partial charge in [0.1, 0.15) is 11.9 Å². The molecule has 1 amide bonds. The average molecular weight is 540 g/mol. The van der Waals surface area contributed by atoms with Gasteiger partial charge in [0.2, 0.25) is 0 Å². The fourth-order valence-electron chi connectivity index (χ4n) is 5.77. The van der Waals surface area contributed by atoms with Crippen LogP contribution in [0.2, 0.25) is 0 Å². The molecule has 7 rings (SSSR count). The summed E-state index contributed by atoms with van der Waals surface area (Å²) in [6, 6.07) is 12.2. The van der Waals surface area contributed by atoms with Crippen molar-refractivity contribution in [2.24, 2.45) is 0 Å². The van der Waals surface area contributed by atoms with E-state index in [2.05, 4.69) is 38.4 Å². The molecule has 2 saturated heterocycles. The minimum atomic E-state index is -0.278. The SMILES string of the molecule is CNc1cccc2c1Cc1nc(Sc3cnc4cccnc4c3)nc(N3CCN(C(=O)C4CCCO4)CC3)c1-2. The maximum atomic E-state index is 13.0.